The van der Waals surface area contributed by atoms with Crippen molar-refractivity contribution in [3.63, 3.8) is 0 Å². The van der Waals surface area contributed by atoms with Crippen LogP contribution in [-0.4, -0.2) is 31.2 Å². The lowest BCUT2D eigenvalue weighted by Gasteiger charge is -2.08. The van der Waals surface area contributed by atoms with Gasteiger partial charge in [-0.05, 0) is 31.2 Å². The van der Waals surface area contributed by atoms with Gasteiger partial charge in [0.25, 0.3) is 5.91 Å². The van der Waals surface area contributed by atoms with E-state index in [1.807, 2.05) is 68.4 Å². The number of benzene rings is 2. The van der Waals surface area contributed by atoms with Gasteiger partial charge in [0, 0.05) is 19.8 Å². The van der Waals surface area contributed by atoms with Gasteiger partial charge in [0.2, 0.25) is 0 Å². The number of anilines is 1. The van der Waals surface area contributed by atoms with Crippen molar-refractivity contribution >= 4 is 23.6 Å². The molecule has 0 saturated carbocycles. The largest absolute Gasteiger partial charge is 0.369 e. The maximum Gasteiger partial charge on any atom is 0.257 e. The summed E-state index contributed by atoms with van der Waals surface area (Å²) in [5, 5.41) is 2.89. The van der Waals surface area contributed by atoms with Crippen LogP contribution >= 0.6 is 0 Å². The molecule has 0 radical (unpaired) electrons. The Morgan fingerprint density at radius 3 is 2.43 bits per heavy atom. The lowest BCUT2D eigenvalue weighted by Crippen LogP contribution is -2.12. The molecule has 0 aliphatic heterocycles. The maximum atomic E-state index is 12.4. The summed E-state index contributed by atoms with van der Waals surface area (Å²) in [5.74, 6) is -0.162. The molecule has 0 fully saturated rings. The molecule has 0 unspecified atom stereocenters. The van der Waals surface area contributed by atoms with Crippen molar-refractivity contribution in [1.82, 2.24) is 4.90 Å². The highest BCUT2D eigenvalue weighted by Gasteiger charge is 2.10. The second-order valence-corrected chi connectivity index (χ2v) is 5.05. The highest BCUT2D eigenvalue weighted by molar-refractivity contribution is 6.07. The van der Waals surface area contributed by atoms with Gasteiger partial charge in [-0.1, -0.05) is 29.8 Å². The van der Waals surface area contributed by atoms with E-state index < -0.39 is 0 Å². The van der Waals surface area contributed by atoms with Gasteiger partial charge in [-0.25, -0.2) is 4.99 Å². The molecule has 4 nitrogen and oxygen atoms in total. The van der Waals surface area contributed by atoms with Crippen LogP contribution in [-0.2, 0) is 0 Å². The molecule has 2 aromatic rings. The zero-order chi connectivity index (χ0) is 15.2. The minimum absolute atomic E-state index is 0.162. The van der Waals surface area contributed by atoms with Crippen molar-refractivity contribution in [1.29, 1.82) is 0 Å². The van der Waals surface area contributed by atoms with Gasteiger partial charge in [0.1, 0.15) is 0 Å². The van der Waals surface area contributed by atoms with Gasteiger partial charge in [0.15, 0.2) is 0 Å². The average molecular weight is 281 g/mol. The first-order valence-corrected chi connectivity index (χ1v) is 6.74. The van der Waals surface area contributed by atoms with Crippen molar-refractivity contribution in [3.05, 3.63) is 59.7 Å². The van der Waals surface area contributed by atoms with Crippen LogP contribution < -0.4 is 5.32 Å². The third-order valence-corrected chi connectivity index (χ3v) is 2.89. The second kappa shape index (κ2) is 6.70. The molecule has 4 heteroatoms. The van der Waals surface area contributed by atoms with Crippen LogP contribution in [0.4, 0.5) is 11.4 Å². The molecule has 0 aliphatic rings. The van der Waals surface area contributed by atoms with E-state index >= 15 is 0 Å². The Hall–Kier alpha value is -2.62. The van der Waals surface area contributed by atoms with E-state index in [4.69, 9.17) is 0 Å². The van der Waals surface area contributed by atoms with Crippen molar-refractivity contribution in [2.45, 2.75) is 6.92 Å². The SMILES string of the molecule is Cc1ccc(NC(=O)c2ccccc2N=CN(C)C)cc1. The number of nitrogens with zero attached hydrogens (tertiary/aromatic N) is 2. The van der Waals surface area contributed by atoms with E-state index in [-0.39, 0.29) is 5.91 Å². The van der Waals surface area contributed by atoms with Crippen LogP contribution in [0.5, 0.6) is 0 Å². The van der Waals surface area contributed by atoms with Crippen molar-refractivity contribution < 1.29 is 4.79 Å². The number of amides is 1. The van der Waals surface area contributed by atoms with E-state index in [0.29, 0.717) is 11.3 Å². The Balaban J connectivity index is 2.21. The molecule has 2 rings (SSSR count). The first-order chi connectivity index (χ1) is 10.1. The number of aryl methyl sites for hydroxylation is 1. The van der Waals surface area contributed by atoms with Gasteiger partial charge in [-0.2, -0.15) is 0 Å². The number of aliphatic imine (C=N–C) groups is 1. The van der Waals surface area contributed by atoms with Crippen LogP contribution in [0.1, 0.15) is 15.9 Å². The summed E-state index contributed by atoms with van der Waals surface area (Å²) in [6, 6.07) is 15.0. The van der Waals surface area contributed by atoms with E-state index in [9.17, 15) is 4.79 Å². The number of rotatable bonds is 4. The molecule has 0 aliphatic carbocycles. The Bertz CT molecular complexity index is 645. The quantitative estimate of drug-likeness (QED) is 0.689. The van der Waals surface area contributed by atoms with Gasteiger partial charge in [-0.15, -0.1) is 0 Å². The molecular formula is C17H19N3O. The maximum absolute atomic E-state index is 12.4. The predicted octanol–water partition coefficient (Wildman–Crippen LogP) is 3.47. The molecule has 108 valence electrons. The van der Waals surface area contributed by atoms with Crippen molar-refractivity contribution in [2.24, 2.45) is 4.99 Å². The Labute approximate surface area is 125 Å². The van der Waals surface area contributed by atoms with Crippen LogP contribution in [0.3, 0.4) is 0 Å². The number of hydrogen-bond donors (Lipinski definition) is 1. The Kier molecular flexibility index (Phi) is 4.72. The number of carbonyl (C=O) groups is 1. The second-order valence-electron chi connectivity index (χ2n) is 5.05. The highest BCUT2D eigenvalue weighted by Crippen LogP contribution is 2.20. The molecule has 1 amide bonds. The number of nitrogens with one attached hydrogen (secondary N) is 1. The van der Waals surface area contributed by atoms with E-state index in [1.54, 1.807) is 12.4 Å². The zero-order valence-electron chi connectivity index (χ0n) is 12.5. The van der Waals surface area contributed by atoms with E-state index in [2.05, 4.69) is 10.3 Å². The van der Waals surface area contributed by atoms with Crippen molar-refractivity contribution in [3.8, 4) is 0 Å². The van der Waals surface area contributed by atoms with Gasteiger partial charge in [0.05, 0.1) is 17.6 Å². The summed E-state index contributed by atoms with van der Waals surface area (Å²) in [4.78, 5) is 18.5. The summed E-state index contributed by atoms with van der Waals surface area (Å²) in [6.07, 6.45) is 1.68. The summed E-state index contributed by atoms with van der Waals surface area (Å²) in [5.41, 5.74) is 3.13. The molecule has 0 spiro atoms. The molecule has 1 N–H and O–H groups in total. The summed E-state index contributed by atoms with van der Waals surface area (Å²) < 4.78 is 0. The Morgan fingerprint density at radius 2 is 1.76 bits per heavy atom. The summed E-state index contributed by atoms with van der Waals surface area (Å²) in [6.45, 7) is 2.01. The van der Waals surface area contributed by atoms with E-state index in [0.717, 1.165) is 11.3 Å². The fourth-order valence-electron chi connectivity index (χ4n) is 1.79. The zero-order valence-corrected chi connectivity index (χ0v) is 12.5. The van der Waals surface area contributed by atoms with E-state index in [1.165, 1.54) is 0 Å². The topological polar surface area (TPSA) is 44.7 Å². The number of hydrogen-bond acceptors (Lipinski definition) is 2. The normalized spacial score (nSPS) is 10.6. The number of para-hydroxylation sites is 1. The van der Waals surface area contributed by atoms with Crippen LogP contribution in [0.2, 0.25) is 0 Å². The summed E-state index contributed by atoms with van der Waals surface area (Å²) in [7, 11) is 3.77. The predicted molar refractivity (Wildman–Crippen MR) is 87.4 cm³/mol. The lowest BCUT2D eigenvalue weighted by molar-refractivity contribution is 0.102. The third kappa shape index (κ3) is 4.18. The fourth-order valence-corrected chi connectivity index (χ4v) is 1.79. The number of carbonyl (C=O) groups excluding carboxylic acids is 1. The molecule has 21 heavy (non-hydrogen) atoms. The summed E-state index contributed by atoms with van der Waals surface area (Å²) >= 11 is 0. The molecule has 0 heterocycles. The van der Waals surface area contributed by atoms with Gasteiger partial charge < -0.3 is 10.2 Å². The first-order valence-electron chi connectivity index (χ1n) is 6.74. The third-order valence-electron chi connectivity index (χ3n) is 2.89. The van der Waals surface area contributed by atoms with Crippen molar-refractivity contribution in [2.75, 3.05) is 19.4 Å². The lowest BCUT2D eigenvalue weighted by atomic mass is 10.1. The first kappa shape index (κ1) is 14.8. The minimum Gasteiger partial charge on any atom is -0.369 e. The van der Waals surface area contributed by atoms with Crippen LogP contribution in [0.25, 0.3) is 0 Å². The molecule has 0 bridgehead atoms. The van der Waals surface area contributed by atoms with Gasteiger partial charge >= 0.3 is 0 Å². The molecular weight excluding hydrogens is 262 g/mol. The average Bonchev–Trinajstić information content (AvgIpc) is 2.47. The standard InChI is InChI=1S/C17H19N3O/c1-13-8-10-14(11-9-13)19-17(21)15-6-4-5-7-16(15)18-12-20(2)3/h4-12H,1-3H3,(H,19,21). The molecule has 0 aromatic heterocycles. The monoisotopic (exact) mass is 281 g/mol. The highest BCUT2D eigenvalue weighted by atomic mass is 16.1. The molecule has 0 saturated heterocycles. The smallest absolute Gasteiger partial charge is 0.257 e. The fraction of sp³-hybridized carbons (Fsp3) is 0.176. The minimum atomic E-state index is -0.162. The molecule has 2 aromatic carbocycles. The van der Waals surface area contributed by atoms with Gasteiger partial charge in [-0.3, -0.25) is 4.79 Å². The molecule has 0 atom stereocenters. The Morgan fingerprint density at radius 1 is 1.10 bits per heavy atom. The van der Waals surface area contributed by atoms with Crippen LogP contribution in [0.15, 0.2) is 53.5 Å². The van der Waals surface area contributed by atoms with Crippen LogP contribution in [0, 0.1) is 6.92 Å².